The average Bonchev–Trinajstić information content (AvgIpc) is 2.29. The van der Waals surface area contributed by atoms with Crippen LogP contribution in [0.15, 0.2) is 180 Å². The summed E-state index contributed by atoms with van der Waals surface area (Å²) < 4.78 is 95.0. The average molecular weight is 1220 g/mol. The molecule has 0 amide bonds. The van der Waals surface area contributed by atoms with E-state index >= 15 is 0 Å². The molecular weight excluding hydrogens is 1160 g/mol. The van der Waals surface area contributed by atoms with Crippen molar-refractivity contribution in [2.45, 2.75) is 137 Å². The highest BCUT2D eigenvalue weighted by Crippen LogP contribution is 2.37. The predicted octanol–water partition coefficient (Wildman–Crippen LogP) is 11.0. The van der Waals surface area contributed by atoms with Crippen molar-refractivity contribution in [1.82, 2.24) is 29.1 Å². The van der Waals surface area contributed by atoms with Crippen LogP contribution in [-0.2, 0) is 41.8 Å². The summed E-state index contributed by atoms with van der Waals surface area (Å²) in [6, 6.07) is 31.8. The van der Waals surface area contributed by atoms with Crippen LogP contribution in [0.2, 0.25) is 0 Å². The van der Waals surface area contributed by atoms with Gasteiger partial charge in [-0.05, 0) is 120 Å². The highest BCUT2D eigenvalue weighted by Gasteiger charge is 2.52. The maximum absolute atomic E-state index is 13.7. The van der Waals surface area contributed by atoms with Crippen molar-refractivity contribution in [3.05, 3.63) is 206 Å². The second-order valence-corrected chi connectivity index (χ2v) is 25.2. The molecular formula is C60H64BBrF2N6O10S2. The number of aromatic nitrogens is 6. The van der Waals surface area contributed by atoms with Crippen LogP contribution in [0.3, 0.4) is 0 Å². The lowest BCUT2D eigenvalue weighted by Gasteiger charge is -2.32. The second-order valence-electron chi connectivity index (χ2n) is 20.5. The fourth-order valence-corrected chi connectivity index (χ4v) is 11.9. The molecule has 0 unspecified atom stereocenters. The summed E-state index contributed by atoms with van der Waals surface area (Å²) in [5.41, 5.74) is 0.859. The highest BCUT2D eigenvalue weighted by molar-refractivity contribution is 9.10. The number of pyridine rings is 2. The molecule has 8 aromatic rings. The van der Waals surface area contributed by atoms with Crippen LogP contribution in [0.4, 0.5) is 8.78 Å². The van der Waals surface area contributed by atoms with E-state index in [4.69, 9.17) is 9.31 Å². The lowest BCUT2D eigenvalue weighted by atomic mass is 9.80. The summed E-state index contributed by atoms with van der Waals surface area (Å²) in [5.74, 6) is -1.79. The zero-order valence-corrected chi connectivity index (χ0v) is 49.8. The topological polar surface area (TPSA) is 223 Å². The number of halogens is 3. The molecule has 4 aromatic carbocycles. The Labute approximate surface area is 485 Å². The molecule has 0 saturated carbocycles. The summed E-state index contributed by atoms with van der Waals surface area (Å²) >= 11 is 3.27. The number of nitrogens with zero attached hydrogens (tertiary/aromatic N) is 6. The molecule has 0 radical (unpaired) electrons. The van der Waals surface area contributed by atoms with Crippen molar-refractivity contribution >= 4 is 48.2 Å². The number of aryl methyl sites for hydroxylation is 2. The molecule has 9 rings (SSSR count). The Morgan fingerprint density at radius 1 is 0.585 bits per heavy atom. The molecule has 22 heteroatoms. The van der Waals surface area contributed by atoms with Gasteiger partial charge in [0, 0.05) is 40.7 Å². The van der Waals surface area contributed by atoms with Crippen molar-refractivity contribution < 1.29 is 45.1 Å². The van der Waals surface area contributed by atoms with E-state index in [9.17, 15) is 45.4 Å². The minimum atomic E-state index is -4.42. The Hall–Kier alpha value is -7.24. The Morgan fingerprint density at radius 2 is 0.988 bits per heavy atom. The maximum Gasteiger partial charge on any atom is 0.496 e. The number of hydrogen-bond donors (Lipinski definition) is 2. The fraction of sp³-hybridized carbons (Fsp3) is 0.300. The number of sulfone groups is 2. The minimum absolute atomic E-state index is 0.0832. The molecule has 16 nitrogen and oxygen atoms in total. The number of unbranched alkanes of at least 4 members (excludes halogenated alkanes) is 2. The predicted molar refractivity (Wildman–Crippen MR) is 313 cm³/mol. The van der Waals surface area contributed by atoms with E-state index in [0.717, 1.165) is 49.2 Å². The summed E-state index contributed by atoms with van der Waals surface area (Å²) in [6.45, 7) is 15.4. The van der Waals surface area contributed by atoms with Crippen molar-refractivity contribution in [1.29, 1.82) is 0 Å². The number of rotatable bonds is 16. The van der Waals surface area contributed by atoms with Gasteiger partial charge in [0.25, 0.3) is 11.1 Å². The van der Waals surface area contributed by atoms with Gasteiger partial charge in [0.1, 0.15) is 23.3 Å². The first kappa shape index (κ1) is 62.4. The SMILES string of the molecule is CC1(C)OB(c2cncc(F)c2)OC1(C)C.CCCCc1nc(O)c(S(=O)(=O)c2ccc(-c3cncc(F)c3)cc2)c(=O)n1[C@@H](C)c1ccccc1.CCCCc1nc(O)c(S(=O)(=O)c2ccc(Br)cc2)c(=O)n1[C@@H](C)c1ccccc1. The van der Waals surface area contributed by atoms with Crippen LogP contribution in [0.25, 0.3) is 11.1 Å². The van der Waals surface area contributed by atoms with E-state index < -0.39 is 88.6 Å². The Morgan fingerprint density at radius 3 is 1.39 bits per heavy atom. The zero-order valence-electron chi connectivity index (χ0n) is 46.6. The first-order chi connectivity index (χ1) is 38.8. The van der Waals surface area contributed by atoms with E-state index in [0.29, 0.717) is 45.6 Å². The third-order valence-corrected chi connectivity index (χ3v) is 18.3. The quantitative estimate of drug-likeness (QED) is 0.0859. The second kappa shape index (κ2) is 26.3. The summed E-state index contributed by atoms with van der Waals surface area (Å²) in [7, 11) is -9.23. The van der Waals surface area contributed by atoms with Crippen molar-refractivity contribution in [2.24, 2.45) is 0 Å². The molecule has 2 atom stereocenters. The van der Waals surface area contributed by atoms with Gasteiger partial charge in [-0.2, -0.15) is 9.97 Å². The molecule has 1 saturated heterocycles. The molecule has 0 spiro atoms. The van der Waals surface area contributed by atoms with Crippen LogP contribution < -0.4 is 16.6 Å². The molecule has 82 heavy (non-hydrogen) atoms. The minimum Gasteiger partial charge on any atom is -0.492 e. The maximum atomic E-state index is 13.7. The van der Waals surface area contributed by atoms with Gasteiger partial charge in [-0.1, -0.05) is 115 Å². The lowest BCUT2D eigenvalue weighted by Crippen LogP contribution is -2.41. The van der Waals surface area contributed by atoms with Crippen LogP contribution in [0.1, 0.15) is 116 Å². The zero-order chi connectivity index (χ0) is 59.7. The van der Waals surface area contributed by atoms with Gasteiger partial charge in [-0.15, -0.1) is 0 Å². The Bertz CT molecular complexity index is 3860. The van der Waals surface area contributed by atoms with Crippen molar-refractivity contribution in [2.75, 3.05) is 0 Å². The van der Waals surface area contributed by atoms with E-state index in [2.05, 4.69) is 35.9 Å². The fourth-order valence-electron chi connectivity index (χ4n) is 8.93. The van der Waals surface area contributed by atoms with Crippen molar-refractivity contribution in [3.8, 4) is 22.9 Å². The van der Waals surface area contributed by atoms with Crippen LogP contribution in [0, 0.1) is 11.6 Å². The molecule has 1 fully saturated rings. The molecule has 430 valence electrons. The van der Waals surface area contributed by atoms with Gasteiger partial charge in [-0.3, -0.25) is 28.7 Å². The van der Waals surface area contributed by atoms with Gasteiger partial charge >= 0.3 is 7.12 Å². The number of hydrogen-bond acceptors (Lipinski definition) is 14. The number of benzene rings is 4. The molecule has 4 aromatic heterocycles. The summed E-state index contributed by atoms with van der Waals surface area (Å²) in [6.07, 6.45) is 9.30. The molecule has 1 aliphatic rings. The molecule has 0 aliphatic carbocycles. The van der Waals surface area contributed by atoms with Crippen LogP contribution >= 0.6 is 15.9 Å². The first-order valence-electron chi connectivity index (χ1n) is 26.5. The van der Waals surface area contributed by atoms with E-state index in [1.165, 1.54) is 63.9 Å². The summed E-state index contributed by atoms with van der Waals surface area (Å²) in [5, 5.41) is 21.1. The van der Waals surface area contributed by atoms with Gasteiger partial charge in [-0.25, -0.2) is 25.6 Å². The van der Waals surface area contributed by atoms with Gasteiger partial charge in [0.2, 0.25) is 31.4 Å². The molecule has 1 aliphatic heterocycles. The monoisotopic (exact) mass is 1220 g/mol. The van der Waals surface area contributed by atoms with Crippen LogP contribution in [0.5, 0.6) is 11.8 Å². The van der Waals surface area contributed by atoms with Gasteiger partial charge in [0.05, 0.1) is 45.5 Å². The van der Waals surface area contributed by atoms with Gasteiger partial charge < -0.3 is 19.5 Å². The van der Waals surface area contributed by atoms with E-state index in [1.807, 2.05) is 109 Å². The van der Waals surface area contributed by atoms with Crippen LogP contribution in [-0.4, -0.2) is 74.4 Å². The molecule has 0 bridgehead atoms. The third kappa shape index (κ3) is 14.0. The van der Waals surface area contributed by atoms with E-state index in [-0.39, 0.29) is 15.6 Å². The third-order valence-electron chi connectivity index (χ3n) is 14.2. The molecule has 5 heterocycles. The van der Waals surface area contributed by atoms with Crippen molar-refractivity contribution in [3.63, 3.8) is 0 Å². The smallest absolute Gasteiger partial charge is 0.492 e. The lowest BCUT2D eigenvalue weighted by molar-refractivity contribution is 0.00578. The highest BCUT2D eigenvalue weighted by atomic mass is 79.9. The standard InChI is InChI=1S/C27H26FN3O4S.C22H23BrN2O4S.C11H15BFNO2/c1-3-4-10-24-30-26(32)25(27(33)31(24)18(2)19-8-6-5-7-9-19)36(34,35)23-13-11-20(12-14-23)21-15-22(28)17-29-16-21;1-3-4-10-19-24-21(26)20(30(28,29)18-13-11-17(23)12-14-18)22(27)25(19)15(2)16-8-6-5-7-9-16;1-10(2)11(3,4)16-12(15-10)8-5-9(13)7-14-6-8/h5-9,11-18,32H,3-4,10H2,1-2H3;5-9,11-15,26H,3-4,10H2,1-2H3;5-7H,1-4H3/t18-;15-;/m00./s1. The Balaban J connectivity index is 0.000000189. The first-order valence-corrected chi connectivity index (χ1v) is 30.3. The number of aromatic hydroxyl groups is 2. The van der Waals surface area contributed by atoms with Gasteiger partial charge in [0.15, 0.2) is 9.79 Å². The molecule has 2 N–H and O–H groups in total. The summed E-state index contributed by atoms with van der Waals surface area (Å²) in [4.78, 5) is 41.3. The Kier molecular flexibility index (Phi) is 20.0. The van der Waals surface area contributed by atoms with E-state index in [1.54, 1.807) is 25.3 Å². The largest absolute Gasteiger partial charge is 0.496 e. The normalized spacial score (nSPS) is 14.5.